The van der Waals surface area contributed by atoms with Crippen LogP contribution in [0.5, 0.6) is 0 Å². The van der Waals surface area contributed by atoms with Crippen molar-refractivity contribution in [1.29, 1.82) is 0 Å². The first kappa shape index (κ1) is 18.1. The minimum atomic E-state index is -0.741. The van der Waals surface area contributed by atoms with Crippen molar-refractivity contribution in [2.24, 2.45) is 5.92 Å². The molecule has 0 radical (unpaired) electrons. The first-order valence-electron chi connectivity index (χ1n) is 7.79. The molecular weight excluding hydrogens is 324 g/mol. The van der Waals surface area contributed by atoms with Crippen LogP contribution in [0.2, 0.25) is 0 Å². The Hall–Kier alpha value is -0.230. The number of ether oxygens (including phenoxy) is 2. The van der Waals surface area contributed by atoms with Crippen molar-refractivity contribution in [2.45, 2.75) is 60.2 Å². The van der Waals surface area contributed by atoms with E-state index in [0.717, 1.165) is 19.3 Å². The maximum absolute atomic E-state index is 10.5. The molecule has 2 heterocycles. The van der Waals surface area contributed by atoms with Crippen LogP contribution in [0.4, 0.5) is 0 Å². The van der Waals surface area contributed by atoms with E-state index in [9.17, 15) is 4.79 Å². The lowest BCUT2D eigenvalue weighted by Crippen LogP contribution is -2.48. The Balaban J connectivity index is 1.94. The highest BCUT2D eigenvalue weighted by Crippen LogP contribution is 2.61. The summed E-state index contributed by atoms with van der Waals surface area (Å²) in [4.78, 5) is 10.2. The molecule has 22 heavy (non-hydrogen) atoms. The third-order valence-electron chi connectivity index (χ3n) is 4.66. The third kappa shape index (κ3) is 3.81. The van der Waals surface area contributed by atoms with E-state index in [1.807, 2.05) is 11.8 Å². The van der Waals surface area contributed by atoms with Crippen LogP contribution in [0.25, 0.3) is 0 Å². The second kappa shape index (κ2) is 8.04. The zero-order valence-corrected chi connectivity index (χ0v) is 14.7. The van der Waals surface area contributed by atoms with E-state index in [-0.39, 0.29) is 23.5 Å². The quantitative estimate of drug-likeness (QED) is 0.298. The molecule has 0 aromatic heterocycles. The van der Waals surface area contributed by atoms with Crippen LogP contribution < -0.4 is 0 Å². The predicted octanol–water partition coefficient (Wildman–Crippen LogP) is 3.68. The van der Waals surface area contributed by atoms with Crippen LogP contribution in [-0.2, 0) is 14.3 Å². The zero-order chi connectivity index (χ0) is 16.2. The number of halogens is 1. The molecule has 0 spiro atoms. The molecule has 126 valence electrons. The highest BCUT2D eigenvalue weighted by Gasteiger charge is 2.60. The number of thioether (sulfide) groups is 1. The van der Waals surface area contributed by atoms with Gasteiger partial charge in [0.15, 0.2) is 6.29 Å². The third-order valence-corrected chi connectivity index (χ3v) is 7.32. The second-order valence-electron chi connectivity index (χ2n) is 5.99. The van der Waals surface area contributed by atoms with Crippen molar-refractivity contribution in [1.82, 2.24) is 0 Å². The van der Waals surface area contributed by atoms with Crippen LogP contribution in [-0.4, -0.2) is 47.0 Å². The standard InChI is InChI=1S/C16H25ClO4S/c1-20-15(21-2)14-11-8-9-12(22-11)16(14,17)10-6-4-3-5-7-13(18)19/h4,6,11-12,14-15H,3,5,7-10H2,1-2H3,(H,18,19)/t11-,12+,14-,16-/m1/s1. The van der Waals surface area contributed by atoms with Crippen molar-refractivity contribution in [2.75, 3.05) is 14.2 Å². The first-order chi connectivity index (χ1) is 10.5. The molecule has 2 bridgehead atoms. The molecule has 6 heteroatoms. The Morgan fingerprint density at radius 1 is 1.41 bits per heavy atom. The molecular formula is C16H25ClO4S. The highest BCUT2D eigenvalue weighted by atomic mass is 35.5. The molecule has 2 rings (SSSR count). The molecule has 4 nitrogen and oxygen atoms in total. The number of carboxylic acids is 1. The van der Waals surface area contributed by atoms with Crippen molar-refractivity contribution in [3.05, 3.63) is 12.2 Å². The van der Waals surface area contributed by atoms with Gasteiger partial charge in [0, 0.05) is 37.1 Å². The Bertz CT molecular complexity index is 413. The van der Waals surface area contributed by atoms with Crippen LogP contribution in [0, 0.1) is 5.92 Å². The number of hydrogen-bond acceptors (Lipinski definition) is 4. The lowest BCUT2D eigenvalue weighted by atomic mass is 9.76. The number of rotatable bonds is 9. The molecule has 0 unspecified atom stereocenters. The molecule has 2 aliphatic heterocycles. The van der Waals surface area contributed by atoms with Gasteiger partial charge in [0.05, 0.1) is 4.87 Å². The van der Waals surface area contributed by atoms with E-state index in [0.29, 0.717) is 16.9 Å². The normalized spacial score (nSPS) is 34.1. The monoisotopic (exact) mass is 348 g/mol. The average molecular weight is 349 g/mol. The van der Waals surface area contributed by atoms with Gasteiger partial charge in [-0.2, -0.15) is 11.8 Å². The number of carboxylic acid groups (broad SMARTS) is 1. The summed E-state index contributed by atoms with van der Waals surface area (Å²) in [5.41, 5.74) is 0. The van der Waals surface area contributed by atoms with Gasteiger partial charge in [-0.1, -0.05) is 12.2 Å². The van der Waals surface area contributed by atoms with Gasteiger partial charge in [-0.3, -0.25) is 4.79 Å². The van der Waals surface area contributed by atoms with E-state index >= 15 is 0 Å². The van der Waals surface area contributed by atoms with E-state index in [1.54, 1.807) is 14.2 Å². The molecule has 0 aromatic rings. The molecule has 2 fully saturated rings. The van der Waals surface area contributed by atoms with Crippen molar-refractivity contribution in [3.63, 3.8) is 0 Å². The minimum absolute atomic E-state index is 0.191. The molecule has 0 amide bonds. The lowest BCUT2D eigenvalue weighted by molar-refractivity contribution is -0.146. The van der Waals surface area contributed by atoms with Crippen molar-refractivity contribution < 1.29 is 19.4 Å². The van der Waals surface area contributed by atoms with Gasteiger partial charge in [-0.05, 0) is 32.1 Å². The topological polar surface area (TPSA) is 55.8 Å². The van der Waals surface area contributed by atoms with Gasteiger partial charge in [0.1, 0.15) is 0 Å². The van der Waals surface area contributed by atoms with Crippen LogP contribution in [0.1, 0.15) is 38.5 Å². The molecule has 2 saturated heterocycles. The number of allylic oxidation sites excluding steroid dienone is 2. The summed E-state index contributed by atoms with van der Waals surface area (Å²) >= 11 is 9.00. The SMILES string of the molecule is COC(OC)[C@H]1[C@H]2CC[C@H](S2)[C@]1(Cl)CC=CCCCC(=O)O. The maximum atomic E-state index is 10.5. The van der Waals surface area contributed by atoms with Crippen molar-refractivity contribution in [3.8, 4) is 0 Å². The number of unbranched alkanes of at least 4 members (excludes halogenated alkanes) is 1. The lowest BCUT2D eigenvalue weighted by Gasteiger charge is -2.40. The summed E-state index contributed by atoms with van der Waals surface area (Å²) in [6, 6.07) is 0. The largest absolute Gasteiger partial charge is 0.481 e. The number of methoxy groups -OCH3 is 2. The molecule has 4 atom stereocenters. The van der Waals surface area contributed by atoms with Gasteiger partial charge < -0.3 is 14.6 Å². The van der Waals surface area contributed by atoms with Crippen LogP contribution >= 0.6 is 23.4 Å². The molecule has 0 saturated carbocycles. The van der Waals surface area contributed by atoms with Gasteiger partial charge in [0.25, 0.3) is 0 Å². The summed E-state index contributed by atoms with van der Waals surface area (Å²) < 4.78 is 11.0. The summed E-state index contributed by atoms with van der Waals surface area (Å²) in [5.74, 6) is -0.550. The fourth-order valence-electron chi connectivity index (χ4n) is 3.62. The Morgan fingerprint density at radius 3 is 2.77 bits per heavy atom. The van der Waals surface area contributed by atoms with Crippen molar-refractivity contribution >= 4 is 29.3 Å². The number of aliphatic carboxylic acids is 1. The number of fused-ring (bicyclic) bond motifs is 2. The Kier molecular flexibility index (Phi) is 6.62. The van der Waals surface area contributed by atoms with Crippen LogP contribution in [0.15, 0.2) is 12.2 Å². The zero-order valence-electron chi connectivity index (χ0n) is 13.2. The minimum Gasteiger partial charge on any atom is -0.481 e. The van der Waals surface area contributed by atoms with E-state index in [4.69, 9.17) is 26.2 Å². The van der Waals surface area contributed by atoms with E-state index < -0.39 is 5.97 Å². The maximum Gasteiger partial charge on any atom is 0.303 e. The first-order valence-corrected chi connectivity index (χ1v) is 9.11. The molecule has 0 aromatic carbocycles. The Labute approximate surface area is 141 Å². The Morgan fingerprint density at radius 2 is 2.14 bits per heavy atom. The average Bonchev–Trinajstić information content (AvgIpc) is 3.05. The fourth-order valence-corrected chi connectivity index (χ4v) is 6.28. The predicted molar refractivity (Wildman–Crippen MR) is 89.5 cm³/mol. The summed E-state index contributed by atoms with van der Waals surface area (Å²) in [6.07, 6.45) is 8.68. The summed E-state index contributed by atoms with van der Waals surface area (Å²) in [6.45, 7) is 0. The molecule has 2 aliphatic rings. The molecule has 1 N–H and O–H groups in total. The summed E-state index contributed by atoms with van der Waals surface area (Å²) in [7, 11) is 3.34. The fraction of sp³-hybridized carbons (Fsp3) is 0.812. The van der Waals surface area contributed by atoms with Crippen LogP contribution in [0.3, 0.4) is 0 Å². The smallest absolute Gasteiger partial charge is 0.303 e. The number of hydrogen-bond donors (Lipinski definition) is 1. The number of carbonyl (C=O) groups is 1. The molecule has 0 aliphatic carbocycles. The van der Waals surface area contributed by atoms with E-state index in [1.165, 1.54) is 6.42 Å². The van der Waals surface area contributed by atoms with Gasteiger partial charge >= 0.3 is 5.97 Å². The second-order valence-corrected chi connectivity index (χ2v) is 8.14. The van der Waals surface area contributed by atoms with Gasteiger partial charge in [-0.15, -0.1) is 11.6 Å². The highest BCUT2D eigenvalue weighted by molar-refractivity contribution is 8.01. The van der Waals surface area contributed by atoms with Gasteiger partial charge in [-0.25, -0.2) is 0 Å². The van der Waals surface area contributed by atoms with E-state index in [2.05, 4.69) is 12.2 Å². The summed E-state index contributed by atoms with van der Waals surface area (Å²) in [5, 5.41) is 9.58. The number of alkyl halides is 1. The van der Waals surface area contributed by atoms with Gasteiger partial charge in [0.2, 0.25) is 0 Å².